The number of hydrogen-bond donors (Lipinski definition) is 0. The van der Waals surface area contributed by atoms with E-state index < -0.39 is 5.92 Å². The Morgan fingerprint density at radius 2 is 2.21 bits per heavy atom. The topological polar surface area (TPSA) is 56.6 Å². The maximum absolute atomic E-state index is 13.7. The van der Waals surface area contributed by atoms with Gasteiger partial charge in [0.2, 0.25) is 0 Å². The molecule has 7 heteroatoms. The van der Waals surface area contributed by atoms with Crippen molar-refractivity contribution in [3.8, 4) is 6.07 Å². The van der Waals surface area contributed by atoms with Gasteiger partial charge in [-0.3, -0.25) is 9.69 Å². The standard InChI is InChI=1S/C17H19F2N3O2/c1-24-10-14-6-17(18,19)11-22(14)15-8-21(9-15)16(23)13-4-2-3-12(5-13)7-20/h2-5,14-15H,6,8-11H2,1H3/t14-/m0/s1. The SMILES string of the molecule is COC[C@@H]1CC(F)(F)CN1C1CN(C(=O)c2cccc(C#N)c2)C1. The Morgan fingerprint density at radius 1 is 1.46 bits per heavy atom. The fourth-order valence-electron chi connectivity index (χ4n) is 3.43. The summed E-state index contributed by atoms with van der Waals surface area (Å²) in [5.74, 6) is -2.87. The number of likely N-dealkylation sites (tertiary alicyclic amines) is 2. The molecule has 0 spiro atoms. The highest BCUT2D eigenvalue weighted by molar-refractivity contribution is 5.95. The van der Waals surface area contributed by atoms with E-state index in [-0.39, 0.29) is 37.6 Å². The van der Waals surface area contributed by atoms with E-state index in [1.54, 1.807) is 34.1 Å². The van der Waals surface area contributed by atoms with Gasteiger partial charge in [-0.25, -0.2) is 8.78 Å². The Balaban J connectivity index is 1.62. The van der Waals surface area contributed by atoms with Crippen molar-refractivity contribution in [2.24, 2.45) is 0 Å². The normalized spacial score (nSPS) is 23.8. The van der Waals surface area contributed by atoms with Gasteiger partial charge >= 0.3 is 0 Å². The molecule has 24 heavy (non-hydrogen) atoms. The maximum Gasteiger partial charge on any atom is 0.262 e. The lowest BCUT2D eigenvalue weighted by atomic mass is 10.0. The van der Waals surface area contributed by atoms with E-state index >= 15 is 0 Å². The van der Waals surface area contributed by atoms with Crippen LogP contribution in [0.5, 0.6) is 0 Å². The maximum atomic E-state index is 13.7. The zero-order valence-electron chi connectivity index (χ0n) is 13.4. The van der Waals surface area contributed by atoms with E-state index in [0.29, 0.717) is 24.2 Å². The number of carbonyl (C=O) groups is 1. The average Bonchev–Trinajstić information content (AvgIpc) is 2.80. The molecule has 2 fully saturated rings. The minimum Gasteiger partial charge on any atom is -0.383 e. The molecule has 2 saturated heterocycles. The largest absolute Gasteiger partial charge is 0.383 e. The molecule has 2 heterocycles. The van der Waals surface area contributed by atoms with Crippen LogP contribution in [0.2, 0.25) is 0 Å². The number of ether oxygens (including phenoxy) is 1. The number of alkyl halides is 2. The molecule has 0 bridgehead atoms. The minimum absolute atomic E-state index is 0.0679. The van der Waals surface area contributed by atoms with Crippen LogP contribution in [0.1, 0.15) is 22.3 Å². The zero-order valence-corrected chi connectivity index (χ0v) is 13.4. The molecule has 0 aromatic heterocycles. The monoisotopic (exact) mass is 335 g/mol. The van der Waals surface area contributed by atoms with Crippen molar-refractivity contribution in [1.82, 2.24) is 9.80 Å². The van der Waals surface area contributed by atoms with Crippen molar-refractivity contribution >= 4 is 5.91 Å². The second kappa shape index (κ2) is 6.46. The van der Waals surface area contributed by atoms with Gasteiger partial charge < -0.3 is 9.64 Å². The second-order valence-electron chi connectivity index (χ2n) is 6.40. The summed E-state index contributed by atoms with van der Waals surface area (Å²) in [5, 5.41) is 8.90. The van der Waals surface area contributed by atoms with Crippen LogP contribution in [-0.4, -0.2) is 67.1 Å². The molecule has 1 aromatic carbocycles. The van der Waals surface area contributed by atoms with Crippen LogP contribution in [0.3, 0.4) is 0 Å². The molecule has 3 rings (SSSR count). The highest BCUT2D eigenvalue weighted by Crippen LogP contribution is 2.35. The molecule has 1 amide bonds. The van der Waals surface area contributed by atoms with Gasteiger partial charge in [-0.15, -0.1) is 0 Å². The van der Waals surface area contributed by atoms with E-state index in [0.717, 1.165) is 0 Å². The molecule has 0 radical (unpaired) electrons. The van der Waals surface area contributed by atoms with Gasteiger partial charge in [-0.2, -0.15) is 5.26 Å². The predicted octanol–water partition coefficient (Wildman–Crippen LogP) is 1.74. The summed E-state index contributed by atoms with van der Waals surface area (Å²) in [6, 6.07) is 8.14. The number of hydrogen-bond acceptors (Lipinski definition) is 4. The van der Waals surface area contributed by atoms with Crippen molar-refractivity contribution in [3.63, 3.8) is 0 Å². The third kappa shape index (κ3) is 3.25. The molecule has 1 aromatic rings. The summed E-state index contributed by atoms with van der Waals surface area (Å²) >= 11 is 0. The second-order valence-corrected chi connectivity index (χ2v) is 6.40. The fourth-order valence-corrected chi connectivity index (χ4v) is 3.43. The number of rotatable bonds is 4. The number of nitriles is 1. The highest BCUT2D eigenvalue weighted by atomic mass is 19.3. The first kappa shape index (κ1) is 16.8. The van der Waals surface area contributed by atoms with E-state index in [9.17, 15) is 13.6 Å². The molecule has 128 valence electrons. The Bertz CT molecular complexity index is 668. The van der Waals surface area contributed by atoms with Crippen LogP contribution >= 0.6 is 0 Å². The Kier molecular flexibility index (Phi) is 4.52. The van der Waals surface area contributed by atoms with Crippen LogP contribution in [-0.2, 0) is 4.74 Å². The molecule has 0 saturated carbocycles. The van der Waals surface area contributed by atoms with Crippen molar-refractivity contribution in [2.75, 3.05) is 33.4 Å². The number of nitrogens with zero attached hydrogens (tertiary/aromatic N) is 3. The zero-order chi connectivity index (χ0) is 17.3. The number of amides is 1. The molecule has 2 aliphatic heterocycles. The summed E-state index contributed by atoms with van der Waals surface area (Å²) in [5.41, 5.74) is 0.880. The van der Waals surface area contributed by atoms with Crippen molar-refractivity contribution in [1.29, 1.82) is 5.26 Å². The van der Waals surface area contributed by atoms with E-state index in [2.05, 4.69) is 0 Å². The van der Waals surface area contributed by atoms with Crippen LogP contribution < -0.4 is 0 Å². The number of benzene rings is 1. The van der Waals surface area contributed by atoms with Crippen LogP contribution in [0, 0.1) is 11.3 Å². The number of methoxy groups -OCH3 is 1. The van der Waals surface area contributed by atoms with Crippen LogP contribution in [0.15, 0.2) is 24.3 Å². The van der Waals surface area contributed by atoms with Gasteiger partial charge in [0, 0.05) is 44.3 Å². The van der Waals surface area contributed by atoms with Gasteiger partial charge in [0.25, 0.3) is 11.8 Å². The third-order valence-corrected chi connectivity index (χ3v) is 4.63. The van der Waals surface area contributed by atoms with E-state index in [1.165, 1.54) is 7.11 Å². The van der Waals surface area contributed by atoms with Gasteiger partial charge in [-0.1, -0.05) is 6.07 Å². The Morgan fingerprint density at radius 3 is 2.88 bits per heavy atom. The first-order chi connectivity index (χ1) is 11.4. The molecule has 5 nitrogen and oxygen atoms in total. The third-order valence-electron chi connectivity index (χ3n) is 4.63. The van der Waals surface area contributed by atoms with Crippen molar-refractivity contribution in [2.45, 2.75) is 24.4 Å². The molecule has 0 aliphatic carbocycles. The molecule has 1 atom stereocenters. The molecule has 0 unspecified atom stereocenters. The smallest absolute Gasteiger partial charge is 0.262 e. The number of carbonyl (C=O) groups excluding carboxylic acids is 1. The molecular weight excluding hydrogens is 316 g/mol. The minimum atomic E-state index is -2.70. The summed E-state index contributed by atoms with van der Waals surface area (Å²) in [7, 11) is 1.51. The lowest BCUT2D eigenvalue weighted by Gasteiger charge is -2.45. The fraction of sp³-hybridized carbons (Fsp3) is 0.529. The van der Waals surface area contributed by atoms with Gasteiger partial charge in [0.1, 0.15) is 0 Å². The quantitative estimate of drug-likeness (QED) is 0.841. The van der Waals surface area contributed by atoms with Gasteiger partial charge in [0.15, 0.2) is 0 Å². The van der Waals surface area contributed by atoms with E-state index in [1.807, 2.05) is 6.07 Å². The Labute approximate surface area is 139 Å². The van der Waals surface area contributed by atoms with E-state index in [4.69, 9.17) is 10.00 Å². The first-order valence-electron chi connectivity index (χ1n) is 7.85. The summed E-state index contributed by atoms with van der Waals surface area (Å²) in [4.78, 5) is 15.8. The summed E-state index contributed by atoms with van der Waals surface area (Å²) in [6.45, 7) is 0.833. The molecular formula is C17H19F2N3O2. The summed E-state index contributed by atoms with van der Waals surface area (Å²) < 4.78 is 32.4. The summed E-state index contributed by atoms with van der Waals surface area (Å²) in [6.07, 6.45) is -0.199. The Hall–Kier alpha value is -2.04. The lowest BCUT2D eigenvalue weighted by molar-refractivity contribution is -0.0136. The van der Waals surface area contributed by atoms with Crippen LogP contribution in [0.25, 0.3) is 0 Å². The van der Waals surface area contributed by atoms with Gasteiger partial charge in [0.05, 0.1) is 24.8 Å². The van der Waals surface area contributed by atoms with Crippen molar-refractivity contribution in [3.05, 3.63) is 35.4 Å². The van der Waals surface area contributed by atoms with Crippen LogP contribution in [0.4, 0.5) is 8.78 Å². The molecule has 0 N–H and O–H groups in total. The lowest BCUT2D eigenvalue weighted by Crippen LogP contribution is -2.62. The first-order valence-corrected chi connectivity index (χ1v) is 7.85. The average molecular weight is 335 g/mol. The predicted molar refractivity (Wildman–Crippen MR) is 82.8 cm³/mol. The van der Waals surface area contributed by atoms with Crippen molar-refractivity contribution < 1.29 is 18.3 Å². The molecule has 2 aliphatic rings. The highest BCUT2D eigenvalue weighted by Gasteiger charge is 2.50. The number of halogens is 2. The van der Waals surface area contributed by atoms with Gasteiger partial charge in [-0.05, 0) is 18.2 Å².